The van der Waals surface area contributed by atoms with Crippen molar-refractivity contribution < 1.29 is 4.79 Å². The number of carbonyl (C=O) groups excluding carboxylic acids is 1. The lowest BCUT2D eigenvalue weighted by Crippen LogP contribution is -2.39. The van der Waals surface area contributed by atoms with Crippen molar-refractivity contribution in [3.05, 3.63) is 47.3 Å². The van der Waals surface area contributed by atoms with Crippen molar-refractivity contribution in [1.29, 1.82) is 0 Å². The summed E-state index contributed by atoms with van der Waals surface area (Å²) in [7, 11) is 0. The monoisotopic (exact) mass is 376 g/mol. The number of fused-ring (bicyclic) bond motifs is 1. The number of carbonyl (C=O) groups is 1. The van der Waals surface area contributed by atoms with Crippen molar-refractivity contribution in [1.82, 2.24) is 19.7 Å². The number of hydrogen-bond donors (Lipinski definition) is 0. The van der Waals surface area contributed by atoms with Crippen LogP contribution in [0.5, 0.6) is 0 Å². The van der Waals surface area contributed by atoms with E-state index < -0.39 is 0 Å². The fourth-order valence-corrected chi connectivity index (χ4v) is 4.22. The minimum atomic E-state index is 0.131. The van der Waals surface area contributed by atoms with Gasteiger partial charge < -0.3 is 4.90 Å². The van der Waals surface area contributed by atoms with Gasteiger partial charge in [-0.2, -0.15) is 5.10 Å². The SMILES string of the molecule is CCn1cc(-c2nc3ccc(C)cc3c(C(=O)N3CCC[C@@H](C)C3)c2C)cn1. The lowest BCUT2D eigenvalue weighted by molar-refractivity contribution is 0.0684. The Bertz CT molecular complexity index is 1040. The van der Waals surface area contributed by atoms with Crippen LogP contribution in [0.25, 0.3) is 22.2 Å². The van der Waals surface area contributed by atoms with Crippen LogP contribution in [0.15, 0.2) is 30.6 Å². The van der Waals surface area contributed by atoms with Gasteiger partial charge in [0.25, 0.3) is 5.91 Å². The highest BCUT2D eigenvalue weighted by molar-refractivity contribution is 6.09. The summed E-state index contributed by atoms with van der Waals surface area (Å²) in [6.07, 6.45) is 6.12. The van der Waals surface area contributed by atoms with Crippen LogP contribution < -0.4 is 0 Å². The normalized spacial score (nSPS) is 17.3. The van der Waals surface area contributed by atoms with Crippen LogP contribution in [0.4, 0.5) is 0 Å². The maximum absolute atomic E-state index is 13.6. The van der Waals surface area contributed by atoms with Crippen LogP contribution in [0, 0.1) is 19.8 Å². The van der Waals surface area contributed by atoms with Gasteiger partial charge in [0, 0.05) is 36.8 Å². The average molecular weight is 377 g/mol. The quantitative estimate of drug-likeness (QED) is 0.671. The van der Waals surface area contributed by atoms with E-state index in [4.69, 9.17) is 4.98 Å². The predicted molar refractivity (Wildman–Crippen MR) is 112 cm³/mol. The molecule has 3 heterocycles. The van der Waals surface area contributed by atoms with Gasteiger partial charge in [0.05, 0.1) is 23.0 Å². The van der Waals surface area contributed by atoms with Gasteiger partial charge in [-0.25, -0.2) is 4.98 Å². The minimum Gasteiger partial charge on any atom is -0.338 e. The summed E-state index contributed by atoms with van der Waals surface area (Å²) in [5.41, 5.74) is 5.55. The van der Waals surface area contributed by atoms with E-state index >= 15 is 0 Å². The zero-order valence-corrected chi connectivity index (χ0v) is 17.2. The third kappa shape index (κ3) is 3.30. The number of pyridine rings is 1. The molecule has 1 fully saturated rings. The first-order valence-electron chi connectivity index (χ1n) is 10.2. The Hall–Kier alpha value is -2.69. The molecule has 5 heteroatoms. The van der Waals surface area contributed by atoms with Gasteiger partial charge in [-0.1, -0.05) is 18.6 Å². The van der Waals surface area contributed by atoms with Crippen molar-refractivity contribution in [2.75, 3.05) is 13.1 Å². The molecule has 0 radical (unpaired) electrons. The summed E-state index contributed by atoms with van der Waals surface area (Å²) in [4.78, 5) is 20.6. The maximum atomic E-state index is 13.6. The molecule has 5 nitrogen and oxygen atoms in total. The van der Waals surface area contributed by atoms with Crippen molar-refractivity contribution >= 4 is 16.8 Å². The largest absolute Gasteiger partial charge is 0.338 e. The molecular weight excluding hydrogens is 348 g/mol. The zero-order chi connectivity index (χ0) is 19.8. The van der Waals surface area contributed by atoms with Crippen LogP contribution in [-0.4, -0.2) is 38.7 Å². The number of amides is 1. The topological polar surface area (TPSA) is 51.0 Å². The van der Waals surface area contributed by atoms with Crippen molar-refractivity contribution in [3.63, 3.8) is 0 Å². The first kappa shape index (κ1) is 18.7. The van der Waals surface area contributed by atoms with Crippen LogP contribution >= 0.6 is 0 Å². The number of hydrogen-bond acceptors (Lipinski definition) is 3. The highest BCUT2D eigenvalue weighted by Crippen LogP contribution is 2.32. The third-order valence-electron chi connectivity index (χ3n) is 5.77. The van der Waals surface area contributed by atoms with E-state index in [0.717, 1.165) is 64.9 Å². The summed E-state index contributed by atoms with van der Waals surface area (Å²) in [6, 6.07) is 6.17. The first-order valence-corrected chi connectivity index (χ1v) is 10.2. The standard InChI is InChI=1S/C23H28N4O/c1-5-27-14-18(12-24-27)22-17(4)21(19-11-15(2)8-9-20(19)25-22)23(28)26-10-6-7-16(3)13-26/h8-9,11-12,14,16H,5-7,10,13H2,1-4H3/t16-/m1/s1. The van der Waals surface area contributed by atoms with E-state index in [2.05, 4.69) is 38.0 Å². The van der Waals surface area contributed by atoms with Crippen LogP contribution in [-0.2, 0) is 6.54 Å². The number of aromatic nitrogens is 3. The molecule has 0 N–H and O–H groups in total. The number of piperidine rings is 1. The van der Waals surface area contributed by atoms with E-state index in [1.807, 2.05) is 35.0 Å². The zero-order valence-electron chi connectivity index (χ0n) is 17.2. The Balaban J connectivity index is 1.90. The second kappa shape index (κ2) is 7.38. The first-order chi connectivity index (χ1) is 13.5. The van der Waals surface area contributed by atoms with Gasteiger partial charge in [-0.15, -0.1) is 0 Å². The summed E-state index contributed by atoms with van der Waals surface area (Å²) in [5.74, 6) is 0.682. The van der Waals surface area contributed by atoms with Crippen molar-refractivity contribution in [2.24, 2.45) is 5.92 Å². The van der Waals surface area contributed by atoms with E-state index in [-0.39, 0.29) is 5.91 Å². The Kier molecular flexibility index (Phi) is 4.92. The van der Waals surface area contributed by atoms with Gasteiger partial charge in [-0.05, 0) is 57.2 Å². The lowest BCUT2D eigenvalue weighted by Gasteiger charge is -2.32. The number of aryl methyl sites for hydroxylation is 2. The molecule has 1 atom stereocenters. The third-order valence-corrected chi connectivity index (χ3v) is 5.77. The molecule has 0 unspecified atom stereocenters. The molecule has 146 valence electrons. The second-order valence-corrected chi connectivity index (χ2v) is 8.06. The van der Waals surface area contributed by atoms with Crippen LogP contribution in [0.1, 0.15) is 48.2 Å². The molecule has 28 heavy (non-hydrogen) atoms. The van der Waals surface area contributed by atoms with E-state index in [1.54, 1.807) is 0 Å². The highest BCUT2D eigenvalue weighted by Gasteiger charge is 2.26. The van der Waals surface area contributed by atoms with Gasteiger partial charge in [0.15, 0.2) is 0 Å². The molecule has 3 aromatic rings. The molecule has 0 aliphatic carbocycles. The summed E-state index contributed by atoms with van der Waals surface area (Å²) in [5, 5.41) is 5.35. The van der Waals surface area contributed by atoms with Gasteiger partial charge in [0.2, 0.25) is 0 Å². The molecular formula is C23H28N4O. The van der Waals surface area contributed by atoms with Gasteiger partial charge in [-0.3, -0.25) is 9.48 Å². The molecule has 1 aliphatic heterocycles. The van der Waals surface area contributed by atoms with Crippen molar-refractivity contribution in [2.45, 2.75) is 47.1 Å². The smallest absolute Gasteiger partial charge is 0.254 e. The molecule has 0 bridgehead atoms. The number of benzene rings is 1. The maximum Gasteiger partial charge on any atom is 0.254 e. The Labute approximate surface area is 166 Å². The van der Waals surface area contributed by atoms with Crippen LogP contribution in [0.3, 0.4) is 0 Å². The number of rotatable bonds is 3. The molecule has 1 aromatic carbocycles. The van der Waals surface area contributed by atoms with Crippen molar-refractivity contribution in [3.8, 4) is 11.3 Å². The fraction of sp³-hybridized carbons (Fsp3) is 0.435. The molecule has 2 aromatic heterocycles. The highest BCUT2D eigenvalue weighted by atomic mass is 16.2. The molecule has 1 aliphatic rings. The molecule has 1 amide bonds. The van der Waals surface area contributed by atoms with E-state index in [0.29, 0.717) is 5.92 Å². The molecule has 1 saturated heterocycles. The average Bonchev–Trinajstić information content (AvgIpc) is 3.16. The van der Waals surface area contributed by atoms with E-state index in [9.17, 15) is 4.79 Å². The predicted octanol–water partition coefficient (Wildman–Crippen LogP) is 4.61. The van der Waals surface area contributed by atoms with Gasteiger partial charge >= 0.3 is 0 Å². The second-order valence-electron chi connectivity index (χ2n) is 8.06. The fourth-order valence-electron chi connectivity index (χ4n) is 4.22. The summed E-state index contributed by atoms with van der Waals surface area (Å²) >= 11 is 0. The van der Waals surface area contributed by atoms with E-state index in [1.165, 1.54) is 6.42 Å². The minimum absolute atomic E-state index is 0.131. The lowest BCUT2D eigenvalue weighted by atomic mass is 9.94. The summed E-state index contributed by atoms with van der Waals surface area (Å²) in [6.45, 7) is 10.8. The van der Waals surface area contributed by atoms with Crippen LogP contribution in [0.2, 0.25) is 0 Å². The number of likely N-dealkylation sites (tertiary alicyclic amines) is 1. The Morgan fingerprint density at radius 1 is 1.29 bits per heavy atom. The summed E-state index contributed by atoms with van der Waals surface area (Å²) < 4.78 is 1.89. The Morgan fingerprint density at radius 2 is 2.11 bits per heavy atom. The molecule has 0 spiro atoms. The molecule has 4 rings (SSSR count). The van der Waals surface area contributed by atoms with Gasteiger partial charge in [0.1, 0.15) is 0 Å². The number of nitrogens with zero attached hydrogens (tertiary/aromatic N) is 4. The molecule has 0 saturated carbocycles. The Morgan fingerprint density at radius 3 is 2.82 bits per heavy atom.